The minimum atomic E-state index is 0.923. The summed E-state index contributed by atoms with van der Waals surface area (Å²) in [6, 6.07) is 16.9. The van der Waals surface area contributed by atoms with Crippen molar-refractivity contribution in [1.29, 1.82) is 0 Å². The number of para-hydroxylation sites is 1. The van der Waals surface area contributed by atoms with Crippen LogP contribution >= 0.6 is 0 Å². The van der Waals surface area contributed by atoms with Gasteiger partial charge in [0.05, 0.1) is 7.11 Å². The predicted molar refractivity (Wildman–Crippen MR) is 82.8 cm³/mol. The quantitative estimate of drug-likeness (QED) is 0.831. The lowest BCUT2D eigenvalue weighted by Crippen LogP contribution is -2.26. The first-order valence-corrected chi connectivity index (χ1v) is 6.96. The van der Waals surface area contributed by atoms with E-state index in [-0.39, 0.29) is 0 Å². The summed E-state index contributed by atoms with van der Waals surface area (Å²) in [5, 5.41) is 0. The lowest BCUT2D eigenvalue weighted by molar-refractivity contribution is 0.342. The van der Waals surface area contributed by atoms with Crippen molar-refractivity contribution in [2.45, 2.75) is 6.54 Å². The van der Waals surface area contributed by atoms with Gasteiger partial charge in [-0.2, -0.15) is 0 Å². The van der Waals surface area contributed by atoms with Crippen LogP contribution < -0.4 is 9.64 Å². The second kappa shape index (κ2) is 5.55. The molecule has 0 N–H and O–H groups in total. The zero-order valence-corrected chi connectivity index (χ0v) is 12.0. The van der Waals surface area contributed by atoms with Crippen LogP contribution in [0.1, 0.15) is 5.56 Å². The number of likely N-dealkylation sites (N-methyl/N-ethyl adjacent to an activating group) is 1. The number of hydrogen-bond acceptors (Lipinski definition) is 3. The number of hydrogen-bond donors (Lipinski definition) is 0. The molecule has 104 valence electrons. The first kappa shape index (κ1) is 13.0. The van der Waals surface area contributed by atoms with Crippen LogP contribution in [-0.4, -0.2) is 32.1 Å². The molecule has 0 bridgehead atoms. The van der Waals surface area contributed by atoms with E-state index in [0.717, 1.165) is 25.4 Å². The number of benzene rings is 2. The van der Waals surface area contributed by atoms with Gasteiger partial charge in [0.1, 0.15) is 5.75 Å². The van der Waals surface area contributed by atoms with Gasteiger partial charge in [0.2, 0.25) is 0 Å². The Morgan fingerprint density at radius 3 is 2.55 bits per heavy atom. The average Bonchev–Trinajstić information content (AvgIpc) is 2.65. The second-order valence-electron chi connectivity index (χ2n) is 5.22. The Hall–Kier alpha value is -2.00. The summed E-state index contributed by atoms with van der Waals surface area (Å²) in [7, 11) is 3.88. The monoisotopic (exact) mass is 268 g/mol. The molecule has 2 aromatic carbocycles. The van der Waals surface area contributed by atoms with Crippen LogP contribution in [-0.2, 0) is 6.54 Å². The molecule has 3 heteroatoms. The largest absolute Gasteiger partial charge is 0.497 e. The van der Waals surface area contributed by atoms with Crippen LogP contribution in [0.15, 0.2) is 48.5 Å². The molecule has 1 aliphatic heterocycles. The number of rotatable bonds is 2. The smallest absolute Gasteiger partial charge is 0.119 e. The third-order valence-corrected chi connectivity index (χ3v) is 3.79. The van der Waals surface area contributed by atoms with Gasteiger partial charge in [0.25, 0.3) is 0 Å². The van der Waals surface area contributed by atoms with Gasteiger partial charge in [0.15, 0.2) is 0 Å². The molecule has 0 amide bonds. The van der Waals surface area contributed by atoms with E-state index in [9.17, 15) is 0 Å². The van der Waals surface area contributed by atoms with E-state index in [1.54, 1.807) is 7.11 Å². The fraction of sp³-hybridized carbons (Fsp3) is 0.294. The van der Waals surface area contributed by atoms with E-state index in [0.29, 0.717) is 0 Å². The van der Waals surface area contributed by atoms with Gasteiger partial charge in [-0.25, -0.2) is 0 Å². The summed E-state index contributed by atoms with van der Waals surface area (Å²) < 4.78 is 5.36. The van der Waals surface area contributed by atoms with Crippen molar-refractivity contribution in [3.8, 4) is 5.75 Å². The van der Waals surface area contributed by atoms with Gasteiger partial charge in [-0.05, 0) is 42.9 Å². The summed E-state index contributed by atoms with van der Waals surface area (Å²) in [4.78, 5) is 4.74. The van der Waals surface area contributed by atoms with E-state index in [1.165, 1.54) is 16.9 Å². The number of nitrogens with zero attached hydrogens (tertiary/aromatic N) is 2. The van der Waals surface area contributed by atoms with Gasteiger partial charge in [-0.15, -0.1) is 0 Å². The first-order valence-electron chi connectivity index (χ1n) is 6.96. The molecular weight excluding hydrogens is 248 g/mol. The first-order chi connectivity index (χ1) is 9.78. The van der Waals surface area contributed by atoms with E-state index in [4.69, 9.17) is 4.74 Å². The lowest BCUT2D eigenvalue weighted by Gasteiger charge is -2.25. The molecule has 0 radical (unpaired) electrons. The van der Waals surface area contributed by atoms with E-state index in [2.05, 4.69) is 59.3 Å². The molecule has 3 rings (SSSR count). The molecule has 0 saturated heterocycles. The van der Waals surface area contributed by atoms with E-state index in [1.807, 2.05) is 6.07 Å². The highest BCUT2D eigenvalue weighted by molar-refractivity contribution is 5.68. The van der Waals surface area contributed by atoms with Crippen LogP contribution in [0, 0.1) is 0 Å². The van der Waals surface area contributed by atoms with Crippen molar-refractivity contribution in [1.82, 2.24) is 4.90 Å². The summed E-state index contributed by atoms with van der Waals surface area (Å²) in [5.74, 6) is 0.923. The third kappa shape index (κ3) is 2.49. The maximum atomic E-state index is 5.36. The Balaban J connectivity index is 2.06. The zero-order valence-electron chi connectivity index (χ0n) is 12.0. The number of methoxy groups -OCH3 is 1. The second-order valence-corrected chi connectivity index (χ2v) is 5.22. The van der Waals surface area contributed by atoms with Crippen molar-refractivity contribution in [2.75, 3.05) is 32.1 Å². The Kier molecular flexibility index (Phi) is 3.61. The summed E-state index contributed by atoms with van der Waals surface area (Å²) in [5.41, 5.74) is 3.84. The summed E-state index contributed by atoms with van der Waals surface area (Å²) in [6.07, 6.45) is 0. The molecule has 0 saturated carbocycles. The fourth-order valence-corrected chi connectivity index (χ4v) is 2.72. The van der Waals surface area contributed by atoms with Gasteiger partial charge >= 0.3 is 0 Å². The van der Waals surface area contributed by atoms with Crippen molar-refractivity contribution in [3.05, 3.63) is 54.1 Å². The fourth-order valence-electron chi connectivity index (χ4n) is 2.72. The van der Waals surface area contributed by atoms with Crippen molar-refractivity contribution in [3.63, 3.8) is 0 Å². The Labute approximate surface area is 120 Å². The highest BCUT2D eigenvalue weighted by atomic mass is 16.5. The molecule has 0 atom stereocenters. The molecule has 0 fully saturated rings. The van der Waals surface area contributed by atoms with Gasteiger partial charge in [-0.3, -0.25) is 0 Å². The SMILES string of the molecule is COc1ccc2c(c1)CN(C)CCN2c1ccccc1. The van der Waals surface area contributed by atoms with Crippen LogP contribution in [0.25, 0.3) is 0 Å². The van der Waals surface area contributed by atoms with Gasteiger partial charge < -0.3 is 14.5 Å². The third-order valence-electron chi connectivity index (χ3n) is 3.79. The summed E-state index contributed by atoms with van der Waals surface area (Å²) >= 11 is 0. The van der Waals surface area contributed by atoms with Crippen LogP contribution in [0.4, 0.5) is 11.4 Å². The molecule has 0 aromatic heterocycles. The summed E-state index contributed by atoms with van der Waals surface area (Å²) in [6.45, 7) is 3.00. The van der Waals surface area contributed by atoms with E-state index < -0.39 is 0 Å². The van der Waals surface area contributed by atoms with Crippen molar-refractivity contribution in [2.24, 2.45) is 0 Å². The number of fused-ring (bicyclic) bond motifs is 1. The molecule has 0 aliphatic carbocycles. The Bertz CT molecular complexity index is 583. The standard InChI is InChI=1S/C17H20N2O/c1-18-10-11-19(15-6-4-3-5-7-15)17-9-8-16(20-2)12-14(17)13-18/h3-9,12H,10-11,13H2,1-2H3. The molecule has 1 aliphatic rings. The molecule has 20 heavy (non-hydrogen) atoms. The number of ether oxygens (including phenoxy) is 1. The van der Waals surface area contributed by atoms with Crippen molar-refractivity contribution >= 4 is 11.4 Å². The minimum absolute atomic E-state index is 0.923. The molecule has 3 nitrogen and oxygen atoms in total. The normalized spacial score (nSPS) is 15.6. The molecule has 0 unspecified atom stereocenters. The average molecular weight is 268 g/mol. The molecule has 2 aromatic rings. The van der Waals surface area contributed by atoms with Crippen LogP contribution in [0.5, 0.6) is 5.75 Å². The maximum Gasteiger partial charge on any atom is 0.119 e. The van der Waals surface area contributed by atoms with E-state index >= 15 is 0 Å². The molecule has 0 spiro atoms. The van der Waals surface area contributed by atoms with Crippen molar-refractivity contribution < 1.29 is 4.74 Å². The Morgan fingerprint density at radius 1 is 1.00 bits per heavy atom. The highest BCUT2D eigenvalue weighted by Gasteiger charge is 2.19. The minimum Gasteiger partial charge on any atom is -0.497 e. The maximum absolute atomic E-state index is 5.36. The zero-order chi connectivity index (χ0) is 13.9. The Morgan fingerprint density at radius 2 is 1.80 bits per heavy atom. The topological polar surface area (TPSA) is 15.7 Å². The number of anilines is 2. The highest BCUT2D eigenvalue weighted by Crippen LogP contribution is 2.33. The molecule has 1 heterocycles. The molecular formula is C17H20N2O. The lowest BCUT2D eigenvalue weighted by atomic mass is 10.1. The van der Waals surface area contributed by atoms with Gasteiger partial charge in [-0.1, -0.05) is 18.2 Å². The van der Waals surface area contributed by atoms with Crippen LogP contribution in [0.3, 0.4) is 0 Å². The van der Waals surface area contributed by atoms with Gasteiger partial charge in [0, 0.05) is 31.0 Å². The van der Waals surface area contributed by atoms with Crippen LogP contribution in [0.2, 0.25) is 0 Å². The predicted octanol–water partition coefficient (Wildman–Crippen LogP) is 3.28.